The van der Waals surface area contributed by atoms with Gasteiger partial charge in [-0.2, -0.15) is 0 Å². The average molecular weight is 399 g/mol. The minimum Gasteiger partial charge on any atom is -0.497 e. The molecule has 0 heterocycles. The highest BCUT2D eigenvalue weighted by Gasteiger charge is 2.47. The molecule has 1 aromatic rings. The van der Waals surface area contributed by atoms with E-state index in [-0.39, 0.29) is 24.6 Å². The fraction of sp³-hybridized carbons (Fsp3) is 0.556. The van der Waals surface area contributed by atoms with Crippen molar-refractivity contribution in [1.82, 2.24) is 4.90 Å². The Morgan fingerprint density at radius 1 is 1.15 bits per heavy atom. The van der Waals surface area contributed by atoms with Crippen molar-refractivity contribution in [1.29, 1.82) is 0 Å². The Bertz CT molecular complexity index is 793. The maximum absolute atomic E-state index is 12.7. The van der Waals surface area contributed by atoms with E-state index in [9.17, 15) is 23.1 Å². The quantitative estimate of drug-likeness (QED) is 0.632. The summed E-state index contributed by atoms with van der Waals surface area (Å²) in [5.41, 5.74) is 0.0989. The van der Waals surface area contributed by atoms with E-state index in [1.807, 2.05) is 0 Å². The molecule has 1 aliphatic carbocycles. The molecule has 0 unspecified atom stereocenters. The number of amides is 1. The number of methoxy groups -OCH3 is 2. The fourth-order valence-corrected chi connectivity index (χ4v) is 4.61. The highest BCUT2D eigenvalue weighted by atomic mass is 32.2. The predicted octanol–water partition coefficient (Wildman–Crippen LogP) is 1.33. The summed E-state index contributed by atoms with van der Waals surface area (Å²) >= 11 is 0. The van der Waals surface area contributed by atoms with Crippen molar-refractivity contribution >= 4 is 21.7 Å². The van der Waals surface area contributed by atoms with E-state index in [4.69, 9.17) is 9.47 Å². The van der Waals surface area contributed by atoms with Crippen molar-refractivity contribution in [3.63, 3.8) is 0 Å². The van der Waals surface area contributed by atoms with Crippen LogP contribution in [0.25, 0.3) is 0 Å². The first-order valence-electron chi connectivity index (χ1n) is 8.45. The smallest absolute Gasteiger partial charge is 0.323 e. The van der Waals surface area contributed by atoms with Crippen molar-refractivity contribution in [2.45, 2.75) is 25.8 Å². The number of hydrogen-bond donors (Lipinski definition) is 1. The Labute approximate surface area is 159 Å². The second-order valence-corrected chi connectivity index (χ2v) is 9.25. The SMILES string of the molecule is COc1cc(CN(CC(=O)O)C(=O)CC2(CS(C)(=O)=O)CC2)cc(OC)c1. The molecular weight excluding hydrogens is 374 g/mol. The highest BCUT2D eigenvalue weighted by molar-refractivity contribution is 7.90. The van der Waals surface area contributed by atoms with Crippen LogP contribution in [0.4, 0.5) is 0 Å². The van der Waals surface area contributed by atoms with Crippen LogP contribution >= 0.6 is 0 Å². The number of ether oxygens (including phenoxy) is 2. The van der Waals surface area contributed by atoms with Crippen molar-refractivity contribution in [3.05, 3.63) is 23.8 Å². The van der Waals surface area contributed by atoms with E-state index in [2.05, 4.69) is 0 Å². The van der Waals surface area contributed by atoms with Gasteiger partial charge in [-0.3, -0.25) is 9.59 Å². The van der Waals surface area contributed by atoms with Gasteiger partial charge in [0.05, 0.1) is 20.0 Å². The zero-order valence-electron chi connectivity index (χ0n) is 15.7. The Morgan fingerprint density at radius 3 is 2.11 bits per heavy atom. The van der Waals surface area contributed by atoms with Gasteiger partial charge in [-0.05, 0) is 36.0 Å². The van der Waals surface area contributed by atoms with Crippen molar-refractivity contribution in [3.8, 4) is 11.5 Å². The normalized spacial score (nSPS) is 15.1. The van der Waals surface area contributed by atoms with Crippen LogP contribution in [0.2, 0.25) is 0 Å². The summed E-state index contributed by atoms with van der Waals surface area (Å²) < 4.78 is 33.6. The first-order valence-corrected chi connectivity index (χ1v) is 10.5. The van der Waals surface area contributed by atoms with Crippen LogP contribution in [0.1, 0.15) is 24.8 Å². The van der Waals surface area contributed by atoms with Crippen molar-refractivity contribution in [2.24, 2.45) is 5.41 Å². The van der Waals surface area contributed by atoms with Gasteiger partial charge in [-0.15, -0.1) is 0 Å². The Morgan fingerprint density at radius 2 is 1.70 bits per heavy atom. The lowest BCUT2D eigenvalue weighted by Gasteiger charge is -2.24. The molecule has 0 bridgehead atoms. The van der Waals surface area contributed by atoms with Crippen LogP contribution in [0.5, 0.6) is 11.5 Å². The number of aliphatic carboxylic acids is 1. The number of carbonyl (C=O) groups is 2. The van der Waals surface area contributed by atoms with E-state index < -0.39 is 27.8 Å². The monoisotopic (exact) mass is 399 g/mol. The van der Waals surface area contributed by atoms with Crippen LogP contribution in [-0.2, 0) is 26.0 Å². The molecule has 1 amide bonds. The molecule has 1 N–H and O–H groups in total. The number of carboxylic acid groups (broad SMARTS) is 1. The molecule has 9 heteroatoms. The second kappa shape index (κ2) is 8.16. The number of benzene rings is 1. The summed E-state index contributed by atoms with van der Waals surface area (Å²) in [6.45, 7) is -0.402. The molecule has 0 aliphatic heterocycles. The van der Waals surface area contributed by atoms with Crippen LogP contribution in [-0.4, -0.2) is 63.1 Å². The Balaban J connectivity index is 2.18. The molecule has 1 saturated carbocycles. The summed E-state index contributed by atoms with van der Waals surface area (Å²) in [7, 11) is -0.209. The summed E-state index contributed by atoms with van der Waals surface area (Å²) in [4.78, 5) is 25.2. The fourth-order valence-electron chi connectivity index (χ4n) is 3.11. The molecule has 1 fully saturated rings. The molecule has 1 aliphatic rings. The minimum absolute atomic E-state index is 0.0223. The zero-order valence-corrected chi connectivity index (χ0v) is 16.5. The third kappa shape index (κ3) is 6.42. The third-order valence-corrected chi connectivity index (χ3v) is 5.65. The molecule has 0 radical (unpaired) electrons. The molecular formula is C18H25NO7S. The largest absolute Gasteiger partial charge is 0.497 e. The Kier molecular flexibility index (Phi) is 6.35. The predicted molar refractivity (Wildman–Crippen MR) is 98.6 cm³/mol. The van der Waals surface area contributed by atoms with Crippen LogP contribution in [0.15, 0.2) is 18.2 Å². The highest BCUT2D eigenvalue weighted by Crippen LogP contribution is 2.50. The minimum atomic E-state index is -3.21. The molecule has 8 nitrogen and oxygen atoms in total. The average Bonchev–Trinajstić information content (AvgIpc) is 3.30. The van der Waals surface area contributed by atoms with Gasteiger partial charge < -0.3 is 19.5 Å². The first kappa shape index (κ1) is 21.0. The molecule has 2 rings (SSSR count). The Hall–Kier alpha value is -2.29. The van der Waals surface area contributed by atoms with Gasteiger partial charge in [0.1, 0.15) is 27.9 Å². The van der Waals surface area contributed by atoms with Crippen molar-refractivity contribution < 1.29 is 32.6 Å². The number of rotatable bonds is 10. The molecule has 150 valence electrons. The molecule has 0 aromatic heterocycles. The standard InChI is InChI=1S/C18H25NO7S/c1-25-14-6-13(7-15(8-14)26-2)10-19(11-17(21)22)16(20)9-18(4-5-18)12-27(3,23)24/h6-8H,4-5,9-12H2,1-3H3,(H,21,22). The summed E-state index contributed by atoms with van der Waals surface area (Å²) in [5.74, 6) is -0.503. The van der Waals surface area contributed by atoms with E-state index in [1.165, 1.54) is 19.1 Å². The third-order valence-electron chi connectivity index (χ3n) is 4.52. The van der Waals surface area contributed by atoms with E-state index in [0.29, 0.717) is 29.9 Å². The molecule has 0 spiro atoms. The van der Waals surface area contributed by atoms with Gasteiger partial charge in [0, 0.05) is 25.3 Å². The van der Waals surface area contributed by atoms with Crippen molar-refractivity contribution in [2.75, 3.05) is 32.8 Å². The van der Waals surface area contributed by atoms with Crippen LogP contribution in [0.3, 0.4) is 0 Å². The lowest BCUT2D eigenvalue weighted by atomic mass is 10.0. The summed E-state index contributed by atoms with van der Waals surface area (Å²) in [6, 6.07) is 5.08. The van der Waals surface area contributed by atoms with Gasteiger partial charge in [0.25, 0.3) is 0 Å². The molecule has 0 saturated heterocycles. The molecule has 27 heavy (non-hydrogen) atoms. The maximum Gasteiger partial charge on any atom is 0.323 e. The van der Waals surface area contributed by atoms with Crippen LogP contribution in [0, 0.1) is 5.41 Å². The van der Waals surface area contributed by atoms with E-state index in [0.717, 1.165) is 6.26 Å². The zero-order chi connectivity index (χ0) is 20.2. The van der Waals surface area contributed by atoms with Gasteiger partial charge in [0.15, 0.2) is 0 Å². The maximum atomic E-state index is 12.7. The van der Waals surface area contributed by atoms with Gasteiger partial charge in [-0.25, -0.2) is 8.42 Å². The number of nitrogens with zero attached hydrogens (tertiary/aromatic N) is 1. The van der Waals surface area contributed by atoms with Gasteiger partial charge in [-0.1, -0.05) is 0 Å². The van der Waals surface area contributed by atoms with E-state index >= 15 is 0 Å². The second-order valence-electron chi connectivity index (χ2n) is 7.11. The summed E-state index contributed by atoms with van der Waals surface area (Å²) in [5, 5.41) is 9.17. The molecule has 0 atom stereocenters. The number of carbonyl (C=O) groups excluding carboxylic acids is 1. The van der Waals surface area contributed by atoms with Gasteiger partial charge >= 0.3 is 5.97 Å². The molecule has 1 aromatic carbocycles. The van der Waals surface area contributed by atoms with Gasteiger partial charge in [0.2, 0.25) is 5.91 Å². The number of carboxylic acids is 1. The number of sulfone groups is 1. The first-order chi connectivity index (χ1) is 12.6. The lowest BCUT2D eigenvalue weighted by Crippen LogP contribution is -2.37. The van der Waals surface area contributed by atoms with E-state index in [1.54, 1.807) is 18.2 Å². The summed E-state index contributed by atoms with van der Waals surface area (Å²) in [6.07, 6.45) is 2.48. The lowest BCUT2D eigenvalue weighted by molar-refractivity contribution is -0.145. The van der Waals surface area contributed by atoms with Crippen LogP contribution < -0.4 is 9.47 Å². The topological polar surface area (TPSA) is 110 Å². The number of hydrogen-bond acceptors (Lipinski definition) is 6.